The lowest BCUT2D eigenvalue weighted by Gasteiger charge is -2.21. The van der Waals surface area contributed by atoms with Crippen LogP contribution in [-0.4, -0.2) is 56.4 Å². The number of thiazole rings is 1. The zero-order valence-electron chi connectivity index (χ0n) is 17.4. The van der Waals surface area contributed by atoms with Gasteiger partial charge in [-0.15, -0.1) is 11.3 Å². The number of sulfonamides is 1. The van der Waals surface area contributed by atoms with E-state index in [1.807, 2.05) is 0 Å². The second-order valence-electron chi connectivity index (χ2n) is 6.90. The van der Waals surface area contributed by atoms with Crippen molar-refractivity contribution in [3.8, 4) is 5.75 Å². The van der Waals surface area contributed by atoms with Gasteiger partial charge < -0.3 is 9.47 Å². The third-order valence-corrected chi connectivity index (χ3v) is 7.50. The summed E-state index contributed by atoms with van der Waals surface area (Å²) in [4.78, 5) is 28.5. The largest absolute Gasteiger partial charge is 0.495 e. The lowest BCUT2D eigenvalue weighted by atomic mass is 10.2. The lowest BCUT2D eigenvalue weighted by Crippen LogP contribution is -2.32. The molecular formula is C20H25N3O6S2. The quantitative estimate of drug-likeness (QED) is 0.622. The van der Waals surface area contributed by atoms with E-state index in [0.717, 1.165) is 37.0 Å². The number of aromatic nitrogens is 1. The number of rotatable bonds is 7. The molecule has 31 heavy (non-hydrogen) atoms. The van der Waals surface area contributed by atoms with Gasteiger partial charge in [0.05, 0.1) is 13.7 Å². The van der Waals surface area contributed by atoms with Crippen LogP contribution in [-0.2, 0) is 14.8 Å². The van der Waals surface area contributed by atoms with Gasteiger partial charge in [0.15, 0.2) is 10.8 Å². The maximum Gasteiger partial charge on any atom is 0.357 e. The Bertz CT molecular complexity index is 1040. The molecule has 11 heteroatoms. The van der Waals surface area contributed by atoms with Gasteiger partial charge in [0.25, 0.3) is 5.91 Å². The van der Waals surface area contributed by atoms with Crippen LogP contribution in [0.5, 0.6) is 5.75 Å². The predicted molar refractivity (Wildman–Crippen MR) is 116 cm³/mol. The fraction of sp³-hybridized carbons (Fsp3) is 0.450. The minimum absolute atomic E-state index is 0.0455. The van der Waals surface area contributed by atoms with Gasteiger partial charge >= 0.3 is 5.97 Å². The van der Waals surface area contributed by atoms with Gasteiger partial charge in [-0.2, -0.15) is 4.31 Å². The minimum Gasteiger partial charge on any atom is -0.495 e. The van der Waals surface area contributed by atoms with E-state index in [2.05, 4.69) is 10.3 Å². The van der Waals surface area contributed by atoms with Crippen LogP contribution in [0.4, 0.5) is 5.13 Å². The number of methoxy groups -OCH3 is 1. The van der Waals surface area contributed by atoms with Gasteiger partial charge in [0.2, 0.25) is 10.0 Å². The number of benzene rings is 1. The van der Waals surface area contributed by atoms with Crippen LogP contribution in [0.1, 0.15) is 53.5 Å². The summed E-state index contributed by atoms with van der Waals surface area (Å²) in [7, 11) is -2.42. The average molecular weight is 468 g/mol. The lowest BCUT2D eigenvalue weighted by molar-refractivity contribution is 0.0520. The summed E-state index contributed by atoms with van der Waals surface area (Å²) in [5.74, 6) is -0.936. The van der Waals surface area contributed by atoms with Crippen molar-refractivity contribution in [2.45, 2.75) is 37.5 Å². The van der Waals surface area contributed by atoms with Crippen LogP contribution in [0.2, 0.25) is 0 Å². The van der Waals surface area contributed by atoms with E-state index >= 15 is 0 Å². The van der Waals surface area contributed by atoms with Crippen LogP contribution in [0.3, 0.4) is 0 Å². The summed E-state index contributed by atoms with van der Waals surface area (Å²) in [6, 6.07) is 4.26. The molecular weight excluding hydrogens is 442 g/mol. The van der Waals surface area contributed by atoms with Crippen molar-refractivity contribution in [1.82, 2.24) is 9.29 Å². The molecule has 1 aliphatic rings. The van der Waals surface area contributed by atoms with Crippen LogP contribution in [0.25, 0.3) is 0 Å². The SMILES string of the molecule is CCOC(=O)c1csc(NC(=O)c2ccc(OC)c(S(=O)(=O)N3CCCCCC3)c2)n1. The Balaban J connectivity index is 1.84. The highest BCUT2D eigenvalue weighted by Gasteiger charge is 2.29. The second kappa shape index (κ2) is 10.2. The highest BCUT2D eigenvalue weighted by molar-refractivity contribution is 7.89. The van der Waals surface area contributed by atoms with Crippen LogP contribution in [0.15, 0.2) is 28.5 Å². The fourth-order valence-corrected chi connectivity index (χ4v) is 5.61. The summed E-state index contributed by atoms with van der Waals surface area (Å²) in [6.45, 7) is 2.79. The molecule has 3 rings (SSSR count). The molecule has 1 N–H and O–H groups in total. The Kier molecular flexibility index (Phi) is 7.63. The maximum absolute atomic E-state index is 13.2. The summed E-state index contributed by atoms with van der Waals surface area (Å²) >= 11 is 1.07. The van der Waals surface area contributed by atoms with Crippen molar-refractivity contribution >= 4 is 38.4 Å². The number of hydrogen-bond acceptors (Lipinski definition) is 8. The molecule has 0 aliphatic carbocycles. The van der Waals surface area contributed by atoms with Gasteiger partial charge in [-0.05, 0) is 38.0 Å². The van der Waals surface area contributed by atoms with Crippen molar-refractivity contribution in [1.29, 1.82) is 0 Å². The van der Waals surface area contributed by atoms with Crippen LogP contribution < -0.4 is 10.1 Å². The molecule has 2 aromatic rings. The van der Waals surface area contributed by atoms with Gasteiger partial charge in [-0.3, -0.25) is 10.1 Å². The maximum atomic E-state index is 13.2. The number of ether oxygens (including phenoxy) is 2. The van der Waals surface area contributed by atoms with Crippen molar-refractivity contribution < 1.29 is 27.5 Å². The van der Waals surface area contributed by atoms with Crippen molar-refractivity contribution in [2.24, 2.45) is 0 Å². The first-order valence-electron chi connectivity index (χ1n) is 9.99. The van der Waals surface area contributed by atoms with E-state index in [0.29, 0.717) is 13.1 Å². The molecule has 1 aliphatic heterocycles. The Morgan fingerprint density at radius 2 is 1.90 bits per heavy atom. The average Bonchev–Trinajstić information content (AvgIpc) is 3.04. The van der Waals surface area contributed by atoms with Gasteiger partial charge in [-0.25, -0.2) is 18.2 Å². The van der Waals surface area contributed by atoms with E-state index in [9.17, 15) is 18.0 Å². The second-order valence-corrected chi connectivity index (χ2v) is 9.66. The topological polar surface area (TPSA) is 115 Å². The number of esters is 1. The third kappa shape index (κ3) is 5.41. The van der Waals surface area contributed by atoms with Crippen molar-refractivity contribution in [3.63, 3.8) is 0 Å². The Labute approximate surface area is 185 Å². The molecule has 1 amide bonds. The molecule has 1 aromatic carbocycles. The molecule has 2 heterocycles. The number of anilines is 1. The highest BCUT2D eigenvalue weighted by Crippen LogP contribution is 2.30. The Morgan fingerprint density at radius 1 is 1.19 bits per heavy atom. The zero-order chi connectivity index (χ0) is 22.4. The monoisotopic (exact) mass is 467 g/mol. The first-order chi connectivity index (χ1) is 14.9. The molecule has 0 saturated carbocycles. The number of hydrogen-bond donors (Lipinski definition) is 1. The summed E-state index contributed by atoms with van der Waals surface area (Å²) in [5, 5.41) is 4.28. The number of amides is 1. The standard InChI is InChI=1S/C20H25N3O6S2/c1-3-29-19(25)15-13-30-20(21-15)22-18(24)14-8-9-16(28-2)17(12-14)31(26,27)23-10-6-4-5-7-11-23/h8-9,12-13H,3-7,10-11H2,1-2H3,(H,21,22,24). The first-order valence-corrected chi connectivity index (χ1v) is 12.3. The molecule has 9 nitrogen and oxygen atoms in total. The smallest absolute Gasteiger partial charge is 0.357 e. The number of nitrogens with one attached hydrogen (secondary N) is 1. The van der Waals surface area contributed by atoms with E-state index in [4.69, 9.17) is 9.47 Å². The van der Waals surface area contributed by atoms with E-state index in [1.54, 1.807) is 6.92 Å². The summed E-state index contributed by atoms with van der Waals surface area (Å²) in [6.07, 6.45) is 3.59. The van der Waals surface area contributed by atoms with Crippen molar-refractivity contribution in [2.75, 3.05) is 32.1 Å². The van der Waals surface area contributed by atoms with E-state index in [1.165, 1.54) is 35.0 Å². The molecule has 0 unspecified atom stereocenters. The minimum atomic E-state index is -3.82. The first kappa shape index (κ1) is 23.2. The molecule has 0 spiro atoms. The van der Waals surface area contributed by atoms with E-state index < -0.39 is 21.9 Å². The molecule has 1 saturated heterocycles. The Hall–Kier alpha value is -2.50. The fourth-order valence-electron chi connectivity index (χ4n) is 3.24. The predicted octanol–water partition coefficient (Wildman–Crippen LogP) is 3.15. The van der Waals surface area contributed by atoms with Gasteiger partial charge in [0, 0.05) is 24.0 Å². The van der Waals surface area contributed by atoms with Crippen LogP contribution >= 0.6 is 11.3 Å². The molecule has 0 bridgehead atoms. The van der Waals surface area contributed by atoms with Gasteiger partial charge in [-0.1, -0.05) is 12.8 Å². The third-order valence-electron chi connectivity index (χ3n) is 4.82. The number of carbonyl (C=O) groups is 2. The molecule has 1 aromatic heterocycles. The van der Waals surface area contributed by atoms with E-state index in [-0.39, 0.29) is 33.6 Å². The Morgan fingerprint density at radius 3 is 2.55 bits per heavy atom. The molecule has 0 radical (unpaired) electrons. The zero-order valence-corrected chi connectivity index (χ0v) is 19.1. The number of nitrogens with zero attached hydrogens (tertiary/aromatic N) is 2. The summed E-state index contributed by atoms with van der Waals surface area (Å²) in [5.41, 5.74) is 0.239. The summed E-state index contributed by atoms with van der Waals surface area (Å²) < 4.78 is 38.1. The highest BCUT2D eigenvalue weighted by atomic mass is 32.2. The molecule has 1 fully saturated rings. The van der Waals surface area contributed by atoms with Crippen LogP contribution in [0, 0.1) is 0 Å². The van der Waals surface area contributed by atoms with Crippen molar-refractivity contribution in [3.05, 3.63) is 34.8 Å². The van der Waals surface area contributed by atoms with Gasteiger partial charge in [0.1, 0.15) is 10.6 Å². The molecule has 0 atom stereocenters. The normalized spacial score (nSPS) is 15.2. The number of carbonyl (C=O) groups excluding carboxylic acids is 2. The molecule has 168 valence electrons.